The van der Waals surface area contributed by atoms with Crippen LogP contribution in [0, 0.1) is 23.5 Å². The number of hydrogen-bond donors (Lipinski definition) is 1. The zero-order chi connectivity index (χ0) is 15.6. The van der Waals surface area contributed by atoms with Crippen molar-refractivity contribution in [1.29, 1.82) is 0 Å². The number of hydrogen-bond acceptors (Lipinski definition) is 3. The molecular weight excluding hydrogens is 288 g/mol. The van der Waals surface area contributed by atoms with Crippen LogP contribution in [0.3, 0.4) is 0 Å². The van der Waals surface area contributed by atoms with Crippen LogP contribution in [0.1, 0.15) is 18.5 Å². The van der Waals surface area contributed by atoms with E-state index in [1.165, 1.54) is 7.11 Å². The van der Waals surface area contributed by atoms with Crippen LogP contribution in [0.4, 0.5) is 23.2 Å². The Bertz CT molecular complexity index is 620. The van der Waals surface area contributed by atoms with Crippen LogP contribution in [-0.4, -0.2) is 12.1 Å². The van der Waals surface area contributed by atoms with E-state index in [2.05, 4.69) is 10.3 Å². The summed E-state index contributed by atoms with van der Waals surface area (Å²) >= 11 is 0. The molecule has 1 aromatic carbocycles. The van der Waals surface area contributed by atoms with Crippen molar-refractivity contribution in [2.75, 3.05) is 12.4 Å². The maximum Gasteiger partial charge on any atom is 0.253 e. The molecule has 0 saturated heterocycles. The lowest BCUT2D eigenvalue weighted by Crippen LogP contribution is -2.13. The third-order valence-corrected chi connectivity index (χ3v) is 2.97. The highest BCUT2D eigenvalue weighted by molar-refractivity contribution is 5.47. The fourth-order valence-electron chi connectivity index (χ4n) is 1.81. The molecule has 7 heteroatoms. The fraction of sp³-hybridized carbons (Fsp3) is 0.214. The highest BCUT2D eigenvalue weighted by atomic mass is 19.2. The van der Waals surface area contributed by atoms with Crippen molar-refractivity contribution >= 4 is 5.69 Å². The molecule has 0 aliphatic rings. The molecule has 112 valence electrons. The zero-order valence-electron chi connectivity index (χ0n) is 11.3. The summed E-state index contributed by atoms with van der Waals surface area (Å²) in [6.45, 7) is 1.59. The molecule has 3 nitrogen and oxygen atoms in total. The summed E-state index contributed by atoms with van der Waals surface area (Å²) < 4.78 is 58.1. The monoisotopic (exact) mass is 300 g/mol. The largest absolute Gasteiger partial charge is 0.497 e. The lowest BCUT2D eigenvalue weighted by atomic mass is 10.1. The van der Waals surface area contributed by atoms with Crippen LogP contribution in [0.15, 0.2) is 24.3 Å². The van der Waals surface area contributed by atoms with E-state index >= 15 is 0 Å². The summed E-state index contributed by atoms with van der Waals surface area (Å²) in [6, 6.07) is 6.07. The molecule has 21 heavy (non-hydrogen) atoms. The molecule has 0 spiro atoms. The summed E-state index contributed by atoms with van der Waals surface area (Å²) in [5.74, 6) is -5.90. The Kier molecular flexibility index (Phi) is 4.30. The van der Waals surface area contributed by atoms with Gasteiger partial charge in [0.25, 0.3) is 11.9 Å². The Morgan fingerprint density at radius 2 is 1.52 bits per heavy atom. The minimum Gasteiger partial charge on any atom is -0.497 e. The SMILES string of the molecule is COc1ccc(C(C)Nc2c(F)c(F)nc(F)c2F)cc1. The van der Waals surface area contributed by atoms with E-state index in [0.717, 1.165) is 0 Å². The second-order valence-electron chi connectivity index (χ2n) is 4.34. The number of halogens is 4. The van der Waals surface area contributed by atoms with E-state index < -0.39 is 35.3 Å². The van der Waals surface area contributed by atoms with Gasteiger partial charge in [0, 0.05) is 6.04 Å². The molecule has 0 aliphatic carbocycles. The standard InChI is InChI=1S/C14H12F4N2O/c1-7(8-3-5-9(21-2)6-4-8)19-12-10(15)13(17)20-14(18)11(12)16/h3-7H,1-2H3,(H,19,20). The summed E-state index contributed by atoms with van der Waals surface area (Å²) in [6.07, 6.45) is 0. The van der Waals surface area contributed by atoms with Crippen molar-refractivity contribution in [3.05, 3.63) is 53.4 Å². The van der Waals surface area contributed by atoms with Crippen molar-refractivity contribution in [3.63, 3.8) is 0 Å². The molecule has 0 saturated carbocycles. The van der Waals surface area contributed by atoms with Gasteiger partial charge >= 0.3 is 0 Å². The maximum atomic E-state index is 13.5. The number of anilines is 1. The van der Waals surface area contributed by atoms with Gasteiger partial charge in [0.05, 0.1) is 7.11 Å². The number of nitrogens with zero attached hydrogens (tertiary/aromatic N) is 1. The molecule has 2 aromatic rings. The quantitative estimate of drug-likeness (QED) is 0.688. The summed E-state index contributed by atoms with van der Waals surface area (Å²) in [5.41, 5.74) is -0.226. The van der Waals surface area contributed by atoms with Crippen LogP contribution < -0.4 is 10.1 Å². The lowest BCUT2D eigenvalue weighted by molar-refractivity contribution is 0.409. The third-order valence-electron chi connectivity index (χ3n) is 2.97. The molecule has 0 aliphatic heterocycles. The van der Waals surface area contributed by atoms with Crippen LogP contribution in [0.2, 0.25) is 0 Å². The van der Waals surface area contributed by atoms with Gasteiger partial charge in [-0.1, -0.05) is 12.1 Å². The van der Waals surface area contributed by atoms with Gasteiger partial charge in [-0.05, 0) is 24.6 Å². The Hall–Kier alpha value is -2.31. The van der Waals surface area contributed by atoms with Crippen LogP contribution >= 0.6 is 0 Å². The number of nitrogens with one attached hydrogen (secondary N) is 1. The van der Waals surface area contributed by atoms with Gasteiger partial charge in [-0.3, -0.25) is 0 Å². The smallest absolute Gasteiger partial charge is 0.253 e. The van der Waals surface area contributed by atoms with Gasteiger partial charge in [0.15, 0.2) is 0 Å². The van der Waals surface area contributed by atoms with Crippen molar-refractivity contribution in [1.82, 2.24) is 4.98 Å². The number of rotatable bonds is 4. The van der Waals surface area contributed by atoms with E-state index in [1.807, 2.05) is 0 Å². The van der Waals surface area contributed by atoms with Gasteiger partial charge < -0.3 is 10.1 Å². The number of ether oxygens (including phenoxy) is 1. The maximum absolute atomic E-state index is 13.5. The Balaban J connectivity index is 2.28. The van der Waals surface area contributed by atoms with Gasteiger partial charge in [0.2, 0.25) is 11.6 Å². The van der Waals surface area contributed by atoms with Crippen LogP contribution in [0.25, 0.3) is 0 Å². The first-order chi connectivity index (χ1) is 9.93. The van der Waals surface area contributed by atoms with Crippen molar-refractivity contribution < 1.29 is 22.3 Å². The predicted octanol–water partition coefficient (Wildman–Crippen LogP) is 3.82. The first-order valence-electron chi connectivity index (χ1n) is 6.04. The van der Waals surface area contributed by atoms with E-state index in [9.17, 15) is 17.6 Å². The average Bonchev–Trinajstić information content (AvgIpc) is 2.49. The molecule has 1 atom stereocenters. The number of aromatic nitrogens is 1. The van der Waals surface area contributed by atoms with Gasteiger partial charge in [-0.2, -0.15) is 22.5 Å². The molecule has 1 unspecified atom stereocenters. The Morgan fingerprint density at radius 3 is 2.00 bits per heavy atom. The fourth-order valence-corrected chi connectivity index (χ4v) is 1.81. The third kappa shape index (κ3) is 3.07. The number of methoxy groups -OCH3 is 1. The van der Waals surface area contributed by atoms with Crippen molar-refractivity contribution in [3.8, 4) is 5.75 Å². The normalized spacial score (nSPS) is 12.1. The minimum atomic E-state index is -1.70. The van der Waals surface area contributed by atoms with E-state index in [0.29, 0.717) is 11.3 Å². The topological polar surface area (TPSA) is 34.1 Å². The molecule has 0 bridgehead atoms. The van der Waals surface area contributed by atoms with E-state index in [4.69, 9.17) is 4.74 Å². The van der Waals surface area contributed by atoms with E-state index in [-0.39, 0.29) is 0 Å². The van der Waals surface area contributed by atoms with Gasteiger partial charge in [0.1, 0.15) is 11.4 Å². The molecular formula is C14H12F4N2O. The molecule has 1 heterocycles. The Morgan fingerprint density at radius 1 is 1.00 bits per heavy atom. The second-order valence-corrected chi connectivity index (χ2v) is 4.34. The molecule has 1 aromatic heterocycles. The van der Waals surface area contributed by atoms with Crippen molar-refractivity contribution in [2.24, 2.45) is 0 Å². The minimum absolute atomic E-state index is 0.582. The molecule has 0 radical (unpaired) electrons. The highest BCUT2D eigenvalue weighted by Gasteiger charge is 2.22. The first-order valence-corrected chi connectivity index (χ1v) is 6.04. The zero-order valence-corrected chi connectivity index (χ0v) is 11.3. The molecule has 0 fully saturated rings. The van der Waals surface area contributed by atoms with E-state index in [1.54, 1.807) is 31.2 Å². The summed E-state index contributed by atoms with van der Waals surface area (Å²) in [4.78, 5) is 2.50. The number of pyridine rings is 1. The van der Waals surface area contributed by atoms with Crippen molar-refractivity contribution in [2.45, 2.75) is 13.0 Å². The Labute approximate surface area is 118 Å². The highest BCUT2D eigenvalue weighted by Crippen LogP contribution is 2.27. The van der Waals surface area contributed by atoms with Gasteiger partial charge in [-0.15, -0.1) is 0 Å². The molecule has 0 amide bonds. The summed E-state index contributed by atoms with van der Waals surface area (Å²) in [5, 5.41) is 2.40. The predicted molar refractivity (Wildman–Crippen MR) is 69.1 cm³/mol. The summed E-state index contributed by atoms with van der Waals surface area (Å²) in [7, 11) is 1.50. The molecule has 1 N–H and O–H groups in total. The second kappa shape index (κ2) is 5.99. The molecule has 2 rings (SSSR count). The van der Waals surface area contributed by atoms with Gasteiger partial charge in [-0.25, -0.2) is 0 Å². The first kappa shape index (κ1) is 15.1. The average molecular weight is 300 g/mol. The van der Waals surface area contributed by atoms with Crippen LogP contribution in [0.5, 0.6) is 5.75 Å². The van der Waals surface area contributed by atoms with Crippen LogP contribution in [-0.2, 0) is 0 Å². The lowest BCUT2D eigenvalue weighted by Gasteiger charge is -2.17. The number of benzene rings is 1.